The first-order chi connectivity index (χ1) is 13.1. The third-order valence-corrected chi connectivity index (χ3v) is 5.93. The monoisotopic (exact) mass is 354 g/mol. The Morgan fingerprint density at radius 3 is 2.37 bits per heavy atom. The first-order valence-electron chi connectivity index (χ1n) is 9.77. The molecular weight excluding hydrogens is 330 g/mol. The van der Waals surface area contributed by atoms with Crippen LogP contribution in [0.15, 0.2) is 48.7 Å². The number of hydrogen-bond acceptors (Lipinski definition) is 1. The molecule has 0 saturated carbocycles. The lowest BCUT2D eigenvalue weighted by Crippen LogP contribution is -2.23. The Morgan fingerprint density at radius 2 is 1.63 bits per heavy atom. The smallest absolute Gasteiger partial charge is 0.255 e. The minimum absolute atomic E-state index is 1.03. The summed E-state index contributed by atoms with van der Waals surface area (Å²) < 4.78 is 4.75. The molecule has 0 spiro atoms. The van der Waals surface area contributed by atoms with Gasteiger partial charge in [-0.25, -0.2) is 4.57 Å². The Hall–Kier alpha value is -2.94. The van der Waals surface area contributed by atoms with Gasteiger partial charge in [0.2, 0.25) is 0 Å². The summed E-state index contributed by atoms with van der Waals surface area (Å²) in [5.74, 6) is 0. The number of nitrogens with zero attached hydrogens (tertiary/aromatic N) is 3. The van der Waals surface area contributed by atoms with E-state index in [1.165, 1.54) is 49.7 Å². The largest absolute Gasteiger partial charge is 0.297 e. The summed E-state index contributed by atoms with van der Waals surface area (Å²) in [5, 5.41) is 2.48. The second-order valence-corrected chi connectivity index (χ2v) is 7.45. The average Bonchev–Trinajstić information content (AvgIpc) is 3.00. The van der Waals surface area contributed by atoms with Crippen molar-refractivity contribution in [3.63, 3.8) is 0 Å². The van der Waals surface area contributed by atoms with Crippen molar-refractivity contribution in [1.82, 2.24) is 9.55 Å². The van der Waals surface area contributed by atoms with Crippen molar-refractivity contribution in [1.29, 1.82) is 0 Å². The van der Waals surface area contributed by atoms with E-state index in [0.717, 1.165) is 18.4 Å². The second kappa shape index (κ2) is 5.78. The Kier molecular flexibility index (Phi) is 3.48. The fraction of sp³-hybridized carbons (Fsp3) is 0.250. The van der Waals surface area contributed by atoms with Gasteiger partial charge in [0.05, 0.1) is 18.0 Å². The van der Waals surface area contributed by atoms with Gasteiger partial charge in [0.15, 0.2) is 11.0 Å². The zero-order chi connectivity index (χ0) is 18.7. The first-order valence-corrected chi connectivity index (χ1v) is 9.77. The van der Waals surface area contributed by atoms with E-state index in [9.17, 15) is 0 Å². The van der Waals surface area contributed by atoms with Gasteiger partial charge < -0.3 is 0 Å². The third-order valence-electron chi connectivity index (χ3n) is 5.93. The van der Waals surface area contributed by atoms with Gasteiger partial charge in [-0.15, -0.1) is 0 Å². The number of rotatable bonds is 2. The predicted molar refractivity (Wildman–Crippen MR) is 112 cm³/mol. The summed E-state index contributed by atoms with van der Waals surface area (Å²) in [5.41, 5.74) is 10.0. The molecule has 0 bridgehead atoms. The van der Waals surface area contributed by atoms with Crippen LogP contribution in [0.5, 0.6) is 0 Å². The molecule has 3 nitrogen and oxygen atoms in total. The number of fused-ring (bicyclic) bond motifs is 8. The molecule has 0 aliphatic heterocycles. The van der Waals surface area contributed by atoms with Crippen LogP contribution >= 0.6 is 0 Å². The highest BCUT2D eigenvalue weighted by Crippen LogP contribution is 2.30. The van der Waals surface area contributed by atoms with Crippen molar-refractivity contribution in [3.8, 4) is 0 Å². The molecule has 5 aromatic rings. The highest BCUT2D eigenvalue weighted by Gasteiger charge is 2.25. The van der Waals surface area contributed by atoms with Crippen molar-refractivity contribution in [2.45, 2.75) is 33.6 Å². The fourth-order valence-corrected chi connectivity index (χ4v) is 4.38. The van der Waals surface area contributed by atoms with E-state index in [1.54, 1.807) is 0 Å². The first kappa shape index (κ1) is 16.2. The van der Waals surface area contributed by atoms with Gasteiger partial charge >= 0.3 is 0 Å². The third kappa shape index (κ3) is 2.14. The molecule has 134 valence electrons. The summed E-state index contributed by atoms with van der Waals surface area (Å²) in [6.07, 6.45) is 4.01. The number of hydrogen-bond donors (Lipinski definition) is 0. The summed E-state index contributed by atoms with van der Waals surface area (Å²) in [6.45, 7) is 6.61. The lowest BCUT2D eigenvalue weighted by Gasteiger charge is -2.07. The molecule has 0 amide bonds. The molecule has 2 aromatic carbocycles. The van der Waals surface area contributed by atoms with Crippen LogP contribution in [0.1, 0.15) is 30.5 Å². The molecule has 5 rings (SSSR count). The highest BCUT2D eigenvalue weighted by atomic mass is 15.1. The van der Waals surface area contributed by atoms with E-state index in [4.69, 9.17) is 4.98 Å². The minimum Gasteiger partial charge on any atom is -0.255 e. The summed E-state index contributed by atoms with van der Waals surface area (Å²) in [4.78, 5) is 4.81. The molecular formula is C24H24N3+. The van der Waals surface area contributed by atoms with Crippen LogP contribution < -0.4 is 4.40 Å². The molecule has 0 aliphatic carbocycles. The molecule has 0 N–H and O–H groups in total. The van der Waals surface area contributed by atoms with Gasteiger partial charge in [0.1, 0.15) is 5.52 Å². The normalized spacial score (nSPS) is 12.0. The number of pyridine rings is 2. The summed E-state index contributed by atoms with van der Waals surface area (Å²) in [6, 6.07) is 15.8. The van der Waals surface area contributed by atoms with Crippen LogP contribution in [0.25, 0.3) is 38.5 Å². The maximum absolute atomic E-state index is 4.81. The van der Waals surface area contributed by atoms with Crippen molar-refractivity contribution >= 4 is 38.5 Å². The molecule has 3 heteroatoms. The molecule has 3 heterocycles. The van der Waals surface area contributed by atoms with Gasteiger partial charge in [-0.2, -0.15) is 4.40 Å². The standard InChI is InChI=1S/C24H24N3/c1-5-16-7-9-19-18(13-16)23-22(15(3)11-12-25-23)24-26(4)21-14-17(6-2)8-10-20(21)27(19)24/h7-14H,5-6H2,1-4H3/q+1. The summed E-state index contributed by atoms with van der Waals surface area (Å²) >= 11 is 0. The average molecular weight is 354 g/mol. The molecule has 0 radical (unpaired) electrons. The Morgan fingerprint density at radius 1 is 0.926 bits per heavy atom. The van der Waals surface area contributed by atoms with Gasteiger partial charge in [-0.3, -0.25) is 4.98 Å². The maximum atomic E-state index is 4.81. The van der Waals surface area contributed by atoms with Crippen LogP contribution in [0.4, 0.5) is 0 Å². The molecule has 0 saturated heterocycles. The van der Waals surface area contributed by atoms with Crippen LogP contribution in [0.3, 0.4) is 0 Å². The lowest BCUT2D eigenvalue weighted by molar-refractivity contribution is -0.449. The van der Waals surface area contributed by atoms with E-state index >= 15 is 0 Å². The minimum atomic E-state index is 1.03. The topological polar surface area (TPSA) is 21.9 Å². The zero-order valence-corrected chi connectivity index (χ0v) is 16.4. The van der Waals surface area contributed by atoms with Crippen molar-refractivity contribution in [3.05, 3.63) is 65.4 Å². The Labute approximate surface area is 158 Å². The van der Waals surface area contributed by atoms with Crippen LogP contribution in [0.2, 0.25) is 0 Å². The van der Waals surface area contributed by atoms with E-state index < -0.39 is 0 Å². The molecule has 0 fully saturated rings. The van der Waals surface area contributed by atoms with Gasteiger partial charge in [-0.1, -0.05) is 26.0 Å². The van der Waals surface area contributed by atoms with Crippen LogP contribution in [0, 0.1) is 6.92 Å². The van der Waals surface area contributed by atoms with E-state index in [-0.39, 0.29) is 0 Å². The van der Waals surface area contributed by atoms with Crippen molar-refractivity contribution < 1.29 is 4.40 Å². The maximum Gasteiger partial charge on any atom is 0.297 e. The Bertz CT molecular complexity index is 1360. The van der Waals surface area contributed by atoms with E-state index in [1.807, 2.05) is 6.20 Å². The fourth-order valence-electron chi connectivity index (χ4n) is 4.38. The molecule has 3 aromatic heterocycles. The molecule has 0 atom stereocenters. The summed E-state index contributed by atoms with van der Waals surface area (Å²) in [7, 11) is 2.18. The quantitative estimate of drug-likeness (QED) is 0.321. The molecule has 0 unspecified atom stereocenters. The number of imidazole rings is 1. The number of benzene rings is 2. The molecule has 27 heavy (non-hydrogen) atoms. The predicted octanol–water partition coefficient (Wildman–Crippen LogP) is 5.05. The number of aromatic nitrogens is 3. The van der Waals surface area contributed by atoms with Crippen molar-refractivity contribution in [2.75, 3.05) is 0 Å². The second-order valence-electron chi connectivity index (χ2n) is 7.45. The molecule has 0 aliphatic rings. The van der Waals surface area contributed by atoms with Crippen LogP contribution in [-0.2, 0) is 19.9 Å². The lowest BCUT2D eigenvalue weighted by atomic mass is 10.0. The van der Waals surface area contributed by atoms with E-state index in [0.29, 0.717) is 0 Å². The zero-order valence-electron chi connectivity index (χ0n) is 16.4. The SMILES string of the molecule is CCc1ccc2c(c1)c1nccc(C)c1c1n(C)c3cc(CC)ccc3[n+]21. The highest BCUT2D eigenvalue weighted by molar-refractivity contribution is 6.09. The van der Waals surface area contributed by atoms with E-state index in [2.05, 4.69) is 79.3 Å². The van der Waals surface area contributed by atoms with Gasteiger partial charge in [0, 0.05) is 11.6 Å². The van der Waals surface area contributed by atoms with Crippen LogP contribution in [-0.4, -0.2) is 9.55 Å². The van der Waals surface area contributed by atoms with Crippen molar-refractivity contribution in [2.24, 2.45) is 7.05 Å². The van der Waals surface area contributed by atoms with Gasteiger partial charge in [0.25, 0.3) is 5.65 Å². The number of aryl methyl sites for hydroxylation is 4. The van der Waals surface area contributed by atoms with Gasteiger partial charge in [-0.05, 0) is 66.8 Å². The Balaban J connectivity index is 2.15.